The number of likely N-dealkylation sites (tertiary alicyclic amines) is 1. The number of piperidine rings is 1. The Labute approximate surface area is 135 Å². The summed E-state index contributed by atoms with van der Waals surface area (Å²) in [5.74, 6) is 1.39. The van der Waals surface area contributed by atoms with Crippen LogP contribution in [0.25, 0.3) is 11.0 Å². The lowest BCUT2D eigenvalue weighted by Crippen LogP contribution is -2.38. The van der Waals surface area contributed by atoms with Crippen LogP contribution in [0, 0.1) is 18.8 Å². The van der Waals surface area contributed by atoms with Crippen molar-refractivity contribution in [3.05, 3.63) is 44.8 Å². The van der Waals surface area contributed by atoms with Gasteiger partial charge in [-0.2, -0.15) is 0 Å². The van der Waals surface area contributed by atoms with Crippen LogP contribution in [0.5, 0.6) is 0 Å². The molecule has 1 aromatic heterocycles. The van der Waals surface area contributed by atoms with Gasteiger partial charge in [-0.05, 0) is 48.4 Å². The first kappa shape index (κ1) is 15.6. The van der Waals surface area contributed by atoms with Crippen LogP contribution < -0.4 is 5.63 Å². The molecule has 3 nitrogen and oxygen atoms in total. The van der Waals surface area contributed by atoms with Gasteiger partial charge in [0.1, 0.15) is 5.58 Å². The molecule has 2 heterocycles. The third-order valence-electron chi connectivity index (χ3n) is 4.45. The average molecular weight is 320 g/mol. The van der Waals surface area contributed by atoms with E-state index in [1.807, 2.05) is 19.1 Å². The number of benzene rings is 1. The maximum Gasteiger partial charge on any atom is 0.336 e. The van der Waals surface area contributed by atoms with Crippen molar-refractivity contribution >= 4 is 22.6 Å². The Morgan fingerprint density at radius 3 is 2.59 bits per heavy atom. The van der Waals surface area contributed by atoms with Crippen LogP contribution >= 0.6 is 11.6 Å². The number of rotatable bonds is 2. The number of halogens is 1. The highest BCUT2D eigenvalue weighted by molar-refractivity contribution is 6.32. The van der Waals surface area contributed by atoms with Crippen LogP contribution in [0.4, 0.5) is 0 Å². The quantitative estimate of drug-likeness (QED) is 0.777. The Balaban J connectivity index is 1.99. The Hall–Kier alpha value is -1.32. The summed E-state index contributed by atoms with van der Waals surface area (Å²) in [7, 11) is 0. The van der Waals surface area contributed by atoms with Gasteiger partial charge in [0.05, 0.1) is 0 Å². The van der Waals surface area contributed by atoms with Crippen LogP contribution in [0.2, 0.25) is 5.02 Å². The lowest BCUT2D eigenvalue weighted by molar-refractivity contribution is 0.134. The Morgan fingerprint density at radius 2 is 1.91 bits per heavy atom. The molecule has 1 fully saturated rings. The number of aryl methyl sites for hydroxylation is 1. The number of hydrogen-bond acceptors (Lipinski definition) is 3. The summed E-state index contributed by atoms with van der Waals surface area (Å²) in [4.78, 5) is 14.3. The fourth-order valence-corrected chi connectivity index (χ4v) is 3.80. The van der Waals surface area contributed by atoms with E-state index < -0.39 is 0 Å². The first-order valence-corrected chi connectivity index (χ1v) is 8.25. The lowest BCUT2D eigenvalue weighted by Gasteiger charge is -2.35. The zero-order valence-corrected chi connectivity index (χ0v) is 14.1. The van der Waals surface area contributed by atoms with E-state index in [0.717, 1.165) is 36.1 Å². The standard InChI is InChI=1S/C18H22ClNO2/c1-11-4-12(2)9-20(8-11)10-14-6-18(21)22-17-5-13(3)16(19)7-15(14)17/h5-7,11-12H,4,8-10H2,1-3H3/t11-,12+. The zero-order valence-electron chi connectivity index (χ0n) is 13.4. The topological polar surface area (TPSA) is 33.5 Å². The first-order chi connectivity index (χ1) is 10.4. The summed E-state index contributed by atoms with van der Waals surface area (Å²) >= 11 is 6.26. The molecule has 22 heavy (non-hydrogen) atoms. The summed E-state index contributed by atoms with van der Waals surface area (Å²) in [6, 6.07) is 5.38. The monoisotopic (exact) mass is 319 g/mol. The minimum atomic E-state index is -0.290. The number of nitrogens with zero attached hydrogens (tertiary/aromatic N) is 1. The highest BCUT2D eigenvalue weighted by atomic mass is 35.5. The van der Waals surface area contributed by atoms with E-state index in [-0.39, 0.29) is 5.63 Å². The molecule has 0 spiro atoms. The highest BCUT2D eigenvalue weighted by Gasteiger charge is 2.22. The molecule has 0 aliphatic carbocycles. The lowest BCUT2D eigenvalue weighted by atomic mass is 9.91. The van der Waals surface area contributed by atoms with Gasteiger partial charge in [0.15, 0.2) is 0 Å². The summed E-state index contributed by atoms with van der Waals surface area (Å²) in [6.45, 7) is 9.43. The summed E-state index contributed by atoms with van der Waals surface area (Å²) < 4.78 is 5.34. The van der Waals surface area contributed by atoms with Crippen molar-refractivity contribution in [2.75, 3.05) is 13.1 Å². The van der Waals surface area contributed by atoms with Gasteiger partial charge < -0.3 is 4.42 Å². The number of fused-ring (bicyclic) bond motifs is 1. The van der Waals surface area contributed by atoms with Crippen molar-refractivity contribution in [2.45, 2.75) is 33.7 Å². The van der Waals surface area contributed by atoms with Gasteiger partial charge in [0, 0.05) is 36.1 Å². The molecule has 0 unspecified atom stereocenters. The Bertz CT molecular complexity index is 743. The predicted octanol–water partition coefficient (Wildman–Crippen LogP) is 4.23. The second kappa shape index (κ2) is 6.05. The molecule has 0 amide bonds. The van der Waals surface area contributed by atoms with Gasteiger partial charge in [0.2, 0.25) is 0 Å². The molecule has 2 atom stereocenters. The summed E-state index contributed by atoms with van der Waals surface area (Å²) in [5.41, 5.74) is 2.27. The third kappa shape index (κ3) is 3.21. The molecule has 0 bridgehead atoms. The smallest absolute Gasteiger partial charge is 0.336 e. The fourth-order valence-electron chi connectivity index (χ4n) is 3.64. The van der Waals surface area contributed by atoms with Crippen molar-refractivity contribution in [1.82, 2.24) is 4.90 Å². The van der Waals surface area contributed by atoms with Gasteiger partial charge in [0.25, 0.3) is 0 Å². The van der Waals surface area contributed by atoms with Crippen LogP contribution in [0.3, 0.4) is 0 Å². The van der Waals surface area contributed by atoms with E-state index in [4.69, 9.17) is 16.0 Å². The molecular weight excluding hydrogens is 298 g/mol. The van der Waals surface area contributed by atoms with E-state index >= 15 is 0 Å². The van der Waals surface area contributed by atoms with Crippen LogP contribution in [-0.4, -0.2) is 18.0 Å². The molecule has 4 heteroatoms. The van der Waals surface area contributed by atoms with Crippen molar-refractivity contribution in [1.29, 1.82) is 0 Å². The van der Waals surface area contributed by atoms with Gasteiger partial charge in [-0.3, -0.25) is 4.90 Å². The molecule has 0 radical (unpaired) electrons. The molecule has 1 aliphatic rings. The second-order valence-corrected chi connectivity index (χ2v) is 7.24. The zero-order chi connectivity index (χ0) is 15.9. The maximum atomic E-state index is 11.9. The SMILES string of the molecule is Cc1cc2oc(=O)cc(CN3C[C@H](C)C[C@H](C)C3)c2cc1Cl. The van der Waals surface area contributed by atoms with Crippen molar-refractivity contribution in [3.63, 3.8) is 0 Å². The van der Waals surface area contributed by atoms with Crippen molar-refractivity contribution < 1.29 is 4.42 Å². The first-order valence-electron chi connectivity index (χ1n) is 7.87. The van der Waals surface area contributed by atoms with E-state index in [9.17, 15) is 4.79 Å². The minimum Gasteiger partial charge on any atom is -0.423 e. The molecule has 2 aromatic rings. The van der Waals surface area contributed by atoms with Gasteiger partial charge in [-0.25, -0.2) is 4.79 Å². The average Bonchev–Trinajstić information content (AvgIpc) is 2.39. The highest BCUT2D eigenvalue weighted by Crippen LogP contribution is 2.28. The largest absolute Gasteiger partial charge is 0.423 e. The predicted molar refractivity (Wildman–Crippen MR) is 90.5 cm³/mol. The molecule has 1 aliphatic heterocycles. The third-order valence-corrected chi connectivity index (χ3v) is 4.86. The molecule has 118 valence electrons. The molecule has 3 rings (SSSR count). The Morgan fingerprint density at radius 1 is 1.23 bits per heavy atom. The van der Waals surface area contributed by atoms with E-state index in [1.54, 1.807) is 6.07 Å². The molecule has 1 saturated heterocycles. The van der Waals surface area contributed by atoms with E-state index in [1.165, 1.54) is 6.42 Å². The molecule has 1 aromatic carbocycles. The van der Waals surface area contributed by atoms with Gasteiger partial charge in [-0.1, -0.05) is 25.4 Å². The fraction of sp³-hybridized carbons (Fsp3) is 0.500. The van der Waals surface area contributed by atoms with Crippen LogP contribution in [0.1, 0.15) is 31.4 Å². The normalized spacial score (nSPS) is 23.1. The number of hydrogen-bond donors (Lipinski definition) is 0. The molecule has 0 saturated carbocycles. The van der Waals surface area contributed by atoms with Crippen LogP contribution in [0.15, 0.2) is 27.4 Å². The van der Waals surface area contributed by atoms with Gasteiger partial charge in [-0.15, -0.1) is 0 Å². The summed E-state index contributed by atoms with van der Waals surface area (Å²) in [6.07, 6.45) is 1.28. The van der Waals surface area contributed by atoms with Crippen molar-refractivity contribution in [3.8, 4) is 0 Å². The van der Waals surface area contributed by atoms with E-state index in [0.29, 0.717) is 22.4 Å². The molecule has 0 N–H and O–H groups in total. The van der Waals surface area contributed by atoms with Gasteiger partial charge >= 0.3 is 5.63 Å². The van der Waals surface area contributed by atoms with Crippen LogP contribution in [-0.2, 0) is 6.54 Å². The van der Waals surface area contributed by atoms with Crippen molar-refractivity contribution in [2.24, 2.45) is 11.8 Å². The molecular formula is C18H22ClNO2. The Kier molecular flexibility index (Phi) is 4.28. The maximum absolute atomic E-state index is 11.9. The minimum absolute atomic E-state index is 0.290. The van der Waals surface area contributed by atoms with E-state index in [2.05, 4.69) is 18.7 Å². The second-order valence-electron chi connectivity index (χ2n) is 6.83. The summed E-state index contributed by atoms with van der Waals surface area (Å²) in [5, 5.41) is 1.66.